The molecule has 0 saturated carbocycles. The molecule has 0 aliphatic rings. The predicted octanol–water partition coefficient (Wildman–Crippen LogP) is 4.97. The van der Waals surface area contributed by atoms with Crippen molar-refractivity contribution in [2.45, 2.75) is 45.6 Å². The van der Waals surface area contributed by atoms with Crippen LogP contribution >= 0.6 is 0 Å². The third-order valence-electron chi connectivity index (χ3n) is 3.93. The van der Waals surface area contributed by atoms with Gasteiger partial charge < -0.3 is 10.1 Å². The molecule has 0 unspecified atom stereocenters. The summed E-state index contributed by atoms with van der Waals surface area (Å²) in [6.07, 6.45) is 5.99. The summed E-state index contributed by atoms with van der Waals surface area (Å²) in [6.45, 7) is 3.48. The lowest BCUT2D eigenvalue weighted by Crippen LogP contribution is -2.24. The van der Waals surface area contributed by atoms with E-state index >= 15 is 0 Å². The summed E-state index contributed by atoms with van der Waals surface area (Å²) < 4.78 is 5.73. The van der Waals surface area contributed by atoms with Gasteiger partial charge in [0.1, 0.15) is 12.4 Å². The topological polar surface area (TPSA) is 38.3 Å². The molecule has 3 heteroatoms. The first-order valence-electron chi connectivity index (χ1n) is 8.84. The minimum Gasteiger partial charge on any atom is -0.489 e. The first-order chi connectivity index (χ1) is 11.8. The minimum absolute atomic E-state index is 0.0138. The minimum atomic E-state index is -0.0138. The average molecular weight is 325 g/mol. The van der Waals surface area contributed by atoms with Crippen LogP contribution in [0.25, 0.3) is 0 Å². The fourth-order valence-corrected chi connectivity index (χ4v) is 2.48. The van der Waals surface area contributed by atoms with Gasteiger partial charge in [-0.25, -0.2) is 0 Å². The summed E-state index contributed by atoms with van der Waals surface area (Å²) in [5.74, 6) is 0.759. The number of unbranched alkanes of at least 4 members (excludes halogenated alkanes) is 4. The Hall–Kier alpha value is -2.29. The second kappa shape index (κ2) is 10.5. The molecule has 0 saturated heterocycles. The van der Waals surface area contributed by atoms with E-state index in [1.807, 2.05) is 54.6 Å². The zero-order valence-corrected chi connectivity index (χ0v) is 14.5. The lowest BCUT2D eigenvalue weighted by atomic mass is 10.1. The largest absolute Gasteiger partial charge is 0.489 e. The Morgan fingerprint density at radius 2 is 1.62 bits per heavy atom. The number of ether oxygens (including phenoxy) is 1. The summed E-state index contributed by atoms with van der Waals surface area (Å²) in [6, 6.07) is 17.4. The molecule has 24 heavy (non-hydrogen) atoms. The molecule has 128 valence electrons. The zero-order chi connectivity index (χ0) is 17.0. The maximum absolute atomic E-state index is 12.1. The van der Waals surface area contributed by atoms with Crippen molar-refractivity contribution < 1.29 is 9.53 Å². The van der Waals surface area contributed by atoms with Gasteiger partial charge in [0.05, 0.1) is 0 Å². The Morgan fingerprint density at radius 3 is 2.33 bits per heavy atom. The van der Waals surface area contributed by atoms with Gasteiger partial charge in [0.2, 0.25) is 0 Å². The molecule has 3 nitrogen and oxygen atoms in total. The molecule has 0 spiro atoms. The molecule has 0 heterocycles. The van der Waals surface area contributed by atoms with E-state index in [1.54, 1.807) is 0 Å². The van der Waals surface area contributed by atoms with Gasteiger partial charge in [-0.2, -0.15) is 0 Å². The first kappa shape index (κ1) is 18.1. The van der Waals surface area contributed by atoms with E-state index in [0.29, 0.717) is 12.2 Å². The number of nitrogens with one attached hydrogen (secondary N) is 1. The van der Waals surface area contributed by atoms with Crippen molar-refractivity contribution in [1.82, 2.24) is 5.32 Å². The Balaban J connectivity index is 1.71. The molecule has 0 radical (unpaired) electrons. The van der Waals surface area contributed by atoms with Gasteiger partial charge in [-0.15, -0.1) is 0 Å². The summed E-state index contributed by atoms with van der Waals surface area (Å²) in [5.41, 5.74) is 1.80. The van der Waals surface area contributed by atoms with Gasteiger partial charge in [-0.1, -0.05) is 62.9 Å². The van der Waals surface area contributed by atoms with Gasteiger partial charge in [0.15, 0.2) is 0 Å². The molecular formula is C21H27NO2. The average Bonchev–Trinajstić information content (AvgIpc) is 2.64. The van der Waals surface area contributed by atoms with Crippen molar-refractivity contribution in [3.05, 3.63) is 65.7 Å². The molecule has 2 rings (SSSR count). The molecule has 0 fully saturated rings. The highest BCUT2D eigenvalue weighted by atomic mass is 16.5. The molecule has 0 aromatic heterocycles. The van der Waals surface area contributed by atoms with E-state index in [-0.39, 0.29) is 5.91 Å². The van der Waals surface area contributed by atoms with Crippen LogP contribution in [0.3, 0.4) is 0 Å². The third-order valence-corrected chi connectivity index (χ3v) is 3.93. The smallest absolute Gasteiger partial charge is 0.251 e. The molecular weight excluding hydrogens is 298 g/mol. The summed E-state index contributed by atoms with van der Waals surface area (Å²) in [4.78, 5) is 12.1. The van der Waals surface area contributed by atoms with Crippen molar-refractivity contribution in [3.8, 4) is 5.75 Å². The summed E-state index contributed by atoms with van der Waals surface area (Å²) in [5, 5.41) is 2.97. The van der Waals surface area contributed by atoms with Crippen LogP contribution in [0.1, 0.15) is 54.9 Å². The van der Waals surface area contributed by atoms with Crippen LogP contribution in [0.5, 0.6) is 5.75 Å². The van der Waals surface area contributed by atoms with Crippen LogP contribution in [-0.4, -0.2) is 12.5 Å². The molecule has 2 aromatic rings. The lowest BCUT2D eigenvalue weighted by molar-refractivity contribution is 0.0953. The van der Waals surface area contributed by atoms with E-state index < -0.39 is 0 Å². The number of amides is 1. The highest BCUT2D eigenvalue weighted by Crippen LogP contribution is 2.14. The van der Waals surface area contributed by atoms with Gasteiger partial charge in [-0.05, 0) is 36.2 Å². The van der Waals surface area contributed by atoms with Crippen molar-refractivity contribution in [2.24, 2.45) is 0 Å². The summed E-state index contributed by atoms with van der Waals surface area (Å²) in [7, 11) is 0. The van der Waals surface area contributed by atoms with E-state index in [9.17, 15) is 4.79 Å². The van der Waals surface area contributed by atoms with E-state index in [2.05, 4.69) is 12.2 Å². The Bertz CT molecular complexity index is 593. The monoisotopic (exact) mass is 325 g/mol. The fourth-order valence-electron chi connectivity index (χ4n) is 2.48. The molecule has 0 aliphatic carbocycles. The Labute approximate surface area is 145 Å². The van der Waals surface area contributed by atoms with Gasteiger partial charge in [0, 0.05) is 12.1 Å². The fraction of sp³-hybridized carbons (Fsp3) is 0.381. The standard InChI is InChI=1S/C21H27NO2/c1-2-3-4-5-9-16-22-21(23)19-12-14-20(15-13-19)24-17-18-10-7-6-8-11-18/h6-8,10-15H,2-5,9,16-17H2,1H3,(H,22,23). The van der Waals surface area contributed by atoms with Gasteiger partial charge >= 0.3 is 0 Å². The SMILES string of the molecule is CCCCCCCNC(=O)c1ccc(OCc2ccccc2)cc1. The molecule has 2 aromatic carbocycles. The maximum Gasteiger partial charge on any atom is 0.251 e. The molecule has 0 bridgehead atoms. The number of hydrogen-bond donors (Lipinski definition) is 1. The lowest BCUT2D eigenvalue weighted by Gasteiger charge is -2.08. The Morgan fingerprint density at radius 1 is 0.917 bits per heavy atom. The van der Waals surface area contributed by atoms with E-state index in [1.165, 1.54) is 25.7 Å². The molecule has 0 atom stereocenters. The van der Waals surface area contributed by atoms with Gasteiger partial charge in [0.25, 0.3) is 5.91 Å². The zero-order valence-electron chi connectivity index (χ0n) is 14.5. The maximum atomic E-state index is 12.1. The van der Waals surface area contributed by atoms with Crippen molar-refractivity contribution in [3.63, 3.8) is 0 Å². The quantitative estimate of drug-likeness (QED) is 0.627. The third kappa shape index (κ3) is 6.45. The predicted molar refractivity (Wildman–Crippen MR) is 98.3 cm³/mol. The van der Waals surface area contributed by atoms with Crippen LogP contribution < -0.4 is 10.1 Å². The van der Waals surface area contributed by atoms with Crippen LogP contribution in [-0.2, 0) is 6.61 Å². The van der Waals surface area contributed by atoms with E-state index in [4.69, 9.17) is 4.74 Å². The van der Waals surface area contributed by atoms with E-state index in [0.717, 1.165) is 24.3 Å². The number of benzene rings is 2. The van der Waals surface area contributed by atoms with Gasteiger partial charge in [-0.3, -0.25) is 4.79 Å². The molecule has 1 N–H and O–H groups in total. The van der Waals surface area contributed by atoms with Crippen LogP contribution in [0.4, 0.5) is 0 Å². The second-order valence-corrected chi connectivity index (χ2v) is 5.97. The first-order valence-corrected chi connectivity index (χ1v) is 8.84. The normalized spacial score (nSPS) is 10.4. The number of hydrogen-bond acceptors (Lipinski definition) is 2. The van der Waals surface area contributed by atoms with Crippen molar-refractivity contribution in [1.29, 1.82) is 0 Å². The van der Waals surface area contributed by atoms with Crippen LogP contribution in [0.15, 0.2) is 54.6 Å². The van der Waals surface area contributed by atoms with Crippen LogP contribution in [0.2, 0.25) is 0 Å². The molecule has 1 amide bonds. The Kier molecular flexibility index (Phi) is 7.88. The van der Waals surface area contributed by atoms with Crippen molar-refractivity contribution >= 4 is 5.91 Å². The number of rotatable bonds is 10. The van der Waals surface area contributed by atoms with Crippen LogP contribution in [0, 0.1) is 0 Å². The second-order valence-electron chi connectivity index (χ2n) is 5.97. The summed E-state index contributed by atoms with van der Waals surface area (Å²) >= 11 is 0. The molecule has 0 aliphatic heterocycles. The highest BCUT2D eigenvalue weighted by Gasteiger charge is 2.05. The number of carbonyl (C=O) groups excluding carboxylic acids is 1. The number of carbonyl (C=O) groups is 1. The van der Waals surface area contributed by atoms with Crippen molar-refractivity contribution in [2.75, 3.05) is 6.54 Å². The highest BCUT2D eigenvalue weighted by molar-refractivity contribution is 5.94.